The van der Waals surface area contributed by atoms with Gasteiger partial charge in [0.25, 0.3) is 5.91 Å². The van der Waals surface area contributed by atoms with Crippen molar-refractivity contribution in [3.05, 3.63) is 70.9 Å². The van der Waals surface area contributed by atoms with Crippen LogP contribution in [0.25, 0.3) is 16.9 Å². The SMILES string of the molecule is CNC(=O)c1cc(-c2ccc(C#N)cc2)n(-c2ccc(Cl)cc2)n1. The number of halogens is 1. The molecule has 3 aromatic rings. The van der Waals surface area contributed by atoms with Crippen LogP contribution in [-0.4, -0.2) is 22.7 Å². The molecule has 118 valence electrons. The van der Waals surface area contributed by atoms with E-state index in [4.69, 9.17) is 16.9 Å². The maximum atomic E-state index is 11.9. The number of benzene rings is 2. The molecule has 0 atom stereocenters. The Bertz CT molecular complexity index is 921. The second kappa shape index (κ2) is 6.57. The van der Waals surface area contributed by atoms with Crippen molar-refractivity contribution in [3.63, 3.8) is 0 Å². The molecule has 6 heteroatoms. The monoisotopic (exact) mass is 336 g/mol. The van der Waals surface area contributed by atoms with Crippen molar-refractivity contribution in [2.75, 3.05) is 7.05 Å². The highest BCUT2D eigenvalue weighted by Crippen LogP contribution is 2.25. The number of nitriles is 1. The van der Waals surface area contributed by atoms with Gasteiger partial charge in [-0.05, 0) is 42.5 Å². The Labute approximate surface area is 144 Å². The summed E-state index contributed by atoms with van der Waals surface area (Å²) in [6.07, 6.45) is 0. The minimum absolute atomic E-state index is 0.266. The van der Waals surface area contributed by atoms with Gasteiger partial charge in [0.05, 0.1) is 23.0 Å². The molecule has 0 saturated heterocycles. The molecule has 0 radical (unpaired) electrons. The molecule has 0 saturated carbocycles. The van der Waals surface area contributed by atoms with E-state index in [0.29, 0.717) is 16.3 Å². The summed E-state index contributed by atoms with van der Waals surface area (Å²) in [5.74, 6) is -0.266. The van der Waals surface area contributed by atoms with Crippen molar-refractivity contribution in [1.29, 1.82) is 5.26 Å². The summed E-state index contributed by atoms with van der Waals surface area (Å²) < 4.78 is 1.68. The second-order valence-electron chi connectivity index (χ2n) is 5.07. The van der Waals surface area contributed by atoms with Gasteiger partial charge < -0.3 is 5.32 Å². The van der Waals surface area contributed by atoms with Gasteiger partial charge in [-0.3, -0.25) is 4.79 Å². The summed E-state index contributed by atoms with van der Waals surface area (Å²) in [7, 11) is 1.56. The maximum absolute atomic E-state index is 11.9. The Morgan fingerprint density at radius 1 is 1.17 bits per heavy atom. The van der Waals surface area contributed by atoms with Gasteiger partial charge in [0.1, 0.15) is 0 Å². The molecule has 1 N–H and O–H groups in total. The van der Waals surface area contributed by atoms with E-state index in [0.717, 1.165) is 16.9 Å². The van der Waals surface area contributed by atoms with Gasteiger partial charge >= 0.3 is 0 Å². The van der Waals surface area contributed by atoms with E-state index >= 15 is 0 Å². The minimum Gasteiger partial charge on any atom is -0.354 e. The predicted molar refractivity (Wildman–Crippen MR) is 92.1 cm³/mol. The number of hydrogen-bond acceptors (Lipinski definition) is 3. The molecule has 0 bridgehead atoms. The Hall–Kier alpha value is -3.10. The highest BCUT2D eigenvalue weighted by molar-refractivity contribution is 6.30. The molecule has 0 unspecified atom stereocenters. The van der Waals surface area contributed by atoms with E-state index in [9.17, 15) is 4.79 Å². The zero-order valence-electron chi connectivity index (χ0n) is 12.8. The van der Waals surface area contributed by atoms with Crippen LogP contribution in [0.5, 0.6) is 0 Å². The summed E-state index contributed by atoms with van der Waals surface area (Å²) in [4.78, 5) is 11.9. The lowest BCUT2D eigenvalue weighted by Gasteiger charge is -2.07. The average Bonchev–Trinajstić information content (AvgIpc) is 3.07. The molecule has 1 amide bonds. The lowest BCUT2D eigenvalue weighted by atomic mass is 10.1. The van der Waals surface area contributed by atoms with Crippen LogP contribution in [0.15, 0.2) is 54.6 Å². The third-order valence-electron chi connectivity index (χ3n) is 3.55. The van der Waals surface area contributed by atoms with Crippen molar-refractivity contribution < 1.29 is 4.79 Å². The van der Waals surface area contributed by atoms with E-state index in [1.165, 1.54) is 0 Å². The van der Waals surface area contributed by atoms with Crippen LogP contribution < -0.4 is 5.32 Å². The van der Waals surface area contributed by atoms with Crippen LogP contribution in [-0.2, 0) is 0 Å². The van der Waals surface area contributed by atoms with Gasteiger partial charge in [0, 0.05) is 17.6 Å². The molecular weight excluding hydrogens is 324 g/mol. The maximum Gasteiger partial charge on any atom is 0.271 e. The van der Waals surface area contributed by atoms with Crippen LogP contribution in [0, 0.1) is 11.3 Å². The lowest BCUT2D eigenvalue weighted by molar-refractivity contribution is 0.0957. The van der Waals surface area contributed by atoms with Crippen LogP contribution in [0.1, 0.15) is 16.1 Å². The normalized spacial score (nSPS) is 10.2. The third-order valence-corrected chi connectivity index (χ3v) is 3.80. The fourth-order valence-electron chi connectivity index (χ4n) is 2.32. The van der Waals surface area contributed by atoms with Gasteiger partial charge in [0.2, 0.25) is 0 Å². The highest BCUT2D eigenvalue weighted by atomic mass is 35.5. The van der Waals surface area contributed by atoms with E-state index in [-0.39, 0.29) is 5.91 Å². The van der Waals surface area contributed by atoms with Crippen LogP contribution in [0.3, 0.4) is 0 Å². The highest BCUT2D eigenvalue weighted by Gasteiger charge is 2.16. The first kappa shape index (κ1) is 15.8. The second-order valence-corrected chi connectivity index (χ2v) is 5.51. The number of rotatable bonds is 3. The van der Waals surface area contributed by atoms with Crippen molar-refractivity contribution in [2.45, 2.75) is 0 Å². The Kier molecular flexibility index (Phi) is 4.32. The van der Waals surface area contributed by atoms with Crippen molar-refractivity contribution in [1.82, 2.24) is 15.1 Å². The molecule has 24 heavy (non-hydrogen) atoms. The van der Waals surface area contributed by atoms with Gasteiger partial charge in [0.15, 0.2) is 5.69 Å². The molecule has 3 rings (SSSR count). The standard InChI is InChI=1S/C18H13ClN4O/c1-21-18(24)16-10-17(13-4-2-12(11-20)3-5-13)23(22-16)15-8-6-14(19)7-9-15/h2-10H,1H3,(H,21,24). The summed E-state index contributed by atoms with van der Waals surface area (Å²) in [5, 5.41) is 16.5. The topological polar surface area (TPSA) is 70.7 Å². The van der Waals surface area contributed by atoms with Crippen molar-refractivity contribution in [3.8, 4) is 23.0 Å². The van der Waals surface area contributed by atoms with Crippen LogP contribution >= 0.6 is 11.6 Å². The number of aromatic nitrogens is 2. The predicted octanol–water partition coefficient (Wildman–Crippen LogP) is 3.42. The number of carbonyl (C=O) groups excluding carboxylic acids is 1. The fourth-order valence-corrected chi connectivity index (χ4v) is 2.45. The van der Waals surface area contributed by atoms with Gasteiger partial charge in [-0.1, -0.05) is 23.7 Å². The van der Waals surface area contributed by atoms with Crippen LogP contribution in [0.4, 0.5) is 0 Å². The van der Waals surface area contributed by atoms with E-state index in [2.05, 4.69) is 16.5 Å². The number of hydrogen-bond donors (Lipinski definition) is 1. The summed E-state index contributed by atoms with van der Waals surface area (Å²) in [6.45, 7) is 0. The largest absolute Gasteiger partial charge is 0.354 e. The van der Waals surface area contributed by atoms with E-state index in [1.807, 2.05) is 24.3 Å². The zero-order valence-corrected chi connectivity index (χ0v) is 13.6. The summed E-state index contributed by atoms with van der Waals surface area (Å²) in [5.41, 5.74) is 3.27. The Morgan fingerprint density at radius 3 is 2.42 bits per heavy atom. The Balaban J connectivity index is 2.15. The van der Waals surface area contributed by atoms with Crippen LogP contribution in [0.2, 0.25) is 5.02 Å². The molecule has 0 aliphatic carbocycles. The first-order valence-electron chi connectivity index (χ1n) is 7.21. The lowest BCUT2D eigenvalue weighted by Crippen LogP contribution is -2.18. The minimum atomic E-state index is -0.266. The first-order valence-corrected chi connectivity index (χ1v) is 7.59. The number of nitrogens with one attached hydrogen (secondary N) is 1. The summed E-state index contributed by atoms with van der Waals surface area (Å²) >= 11 is 5.94. The molecular formula is C18H13ClN4O. The molecule has 1 aromatic heterocycles. The van der Waals surface area contributed by atoms with E-state index in [1.54, 1.807) is 42.1 Å². The van der Waals surface area contributed by atoms with Gasteiger partial charge in [-0.15, -0.1) is 0 Å². The fraction of sp³-hybridized carbons (Fsp3) is 0.0556. The molecule has 2 aromatic carbocycles. The van der Waals surface area contributed by atoms with Gasteiger partial charge in [-0.25, -0.2) is 4.68 Å². The number of amides is 1. The average molecular weight is 337 g/mol. The summed E-state index contributed by atoms with van der Waals surface area (Å²) in [6, 6.07) is 18.1. The zero-order chi connectivity index (χ0) is 17.1. The Morgan fingerprint density at radius 2 is 1.83 bits per heavy atom. The molecule has 5 nitrogen and oxygen atoms in total. The number of nitrogens with zero attached hydrogens (tertiary/aromatic N) is 3. The van der Waals surface area contributed by atoms with Gasteiger partial charge in [-0.2, -0.15) is 10.4 Å². The van der Waals surface area contributed by atoms with E-state index < -0.39 is 0 Å². The van der Waals surface area contributed by atoms with Crippen molar-refractivity contribution >= 4 is 17.5 Å². The molecule has 0 aliphatic heterocycles. The molecule has 0 aliphatic rings. The third kappa shape index (κ3) is 3.00. The molecule has 1 heterocycles. The van der Waals surface area contributed by atoms with Crippen molar-refractivity contribution in [2.24, 2.45) is 0 Å². The smallest absolute Gasteiger partial charge is 0.271 e. The quantitative estimate of drug-likeness (QED) is 0.796. The first-order chi connectivity index (χ1) is 11.6. The molecule has 0 fully saturated rings. The number of carbonyl (C=O) groups is 1. The molecule has 0 spiro atoms.